The number of rotatable bonds is 8. The van der Waals surface area contributed by atoms with E-state index in [1.807, 2.05) is 13.8 Å². The van der Waals surface area contributed by atoms with E-state index in [1.54, 1.807) is 13.1 Å². The van der Waals surface area contributed by atoms with Gasteiger partial charge in [0, 0.05) is 37.9 Å². The van der Waals surface area contributed by atoms with Gasteiger partial charge >= 0.3 is 6.18 Å². The fourth-order valence-corrected chi connectivity index (χ4v) is 3.72. The van der Waals surface area contributed by atoms with Gasteiger partial charge in [-0.3, -0.25) is 4.99 Å². The zero-order chi connectivity index (χ0) is 22.5. The Hall–Kier alpha value is -1.85. The normalized spacial score (nSPS) is 15.8. The number of aromatic nitrogens is 2. The van der Waals surface area contributed by atoms with E-state index in [2.05, 4.69) is 25.8 Å². The summed E-state index contributed by atoms with van der Waals surface area (Å²) >= 11 is 0. The van der Waals surface area contributed by atoms with Gasteiger partial charge in [0.2, 0.25) is 5.89 Å². The first-order valence-corrected chi connectivity index (χ1v) is 10.7. The molecule has 3 rings (SSSR count). The minimum atomic E-state index is -4.33. The fourth-order valence-electron chi connectivity index (χ4n) is 3.72. The first kappa shape index (κ1) is 26.4. The molecule has 0 amide bonds. The van der Waals surface area contributed by atoms with Crippen LogP contribution in [0.4, 0.5) is 13.2 Å². The van der Waals surface area contributed by atoms with E-state index in [0.29, 0.717) is 37.2 Å². The number of aliphatic imine (C=N–C) groups is 1. The van der Waals surface area contributed by atoms with Crippen LogP contribution in [0.15, 0.2) is 33.8 Å². The molecule has 1 saturated carbocycles. The number of halogens is 4. The molecule has 1 fully saturated rings. The number of nitrogens with one attached hydrogen (secondary N) is 2. The standard InChI is InChI=1S/C22H30F3N5O.HI/c1-15(2)19-29-18(31-30-19)9-5-12-27-20(26-3)28-14-21(10-6-11-21)16-7-4-8-17(13-16)22(23,24)25;/h4,7-8,13,15H,5-6,9-12,14H2,1-3H3,(H2,26,27,28);1H. The number of hydrogen-bond donors (Lipinski definition) is 2. The maximum Gasteiger partial charge on any atom is 0.416 e. The highest BCUT2D eigenvalue weighted by Crippen LogP contribution is 2.44. The van der Waals surface area contributed by atoms with Crippen LogP contribution in [-0.2, 0) is 18.0 Å². The largest absolute Gasteiger partial charge is 0.416 e. The van der Waals surface area contributed by atoms with Gasteiger partial charge < -0.3 is 15.2 Å². The average Bonchev–Trinajstić information content (AvgIpc) is 3.17. The van der Waals surface area contributed by atoms with Crippen molar-refractivity contribution in [2.75, 3.05) is 20.1 Å². The third-order valence-electron chi connectivity index (χ3n) is 5.79. The van der Waals surface area contributed by atoms with Crippen molar-refractivity contribution in [2.24, 2.45) is 4.99 Å². The molecule has 1 aliphatic carbocycles. The second-order valence-corrected chi connectivity index (χ2v) is 8.37. The molecule has 0 aliphatic heterocycles. The van der Waals surface area contributed by atoms with E-state index >= 15 is 0 Å². The van der Waals surface area contributed by atoms with E-state index in [9.17, 15) is 13.2 Å². The molecule has 0 atom stereocenters. The van der Waals surface area contributed by atoms with Gasteiger partial charge in [-0.05, 0) is 30.9 Å². The fraction of sp³-hybridized carbons (Fsp3) is 0.591. The smallest absolute Gasteiger partial charge is 0.356 e. The molecule has 10 heteroatoms. The third-order valence-corrected chi connectivity index (χ3v) is 5.79. The van der Waals surface area contributed by atoms with Crippen molar-refractivity contribution in [3.63, 3.8) is 0 Å². The molecule has 1 aromatic heterocycles. The average molecular weight is 565 g/mol. The summed E-state index contributed by atoms with van der Waals surface area (Å²) in [6, 6.07) is 5.69. The molecule has 1 heterocycles. The predicted molar refractivity (Wildman–Crippen MR) is 128 cm³/mol. The van der Waals surface area contributed by atoms with E-state index in [1.165, 1.54) is 12.1 Å². The number of hydrogen-bond acceptors (Lipinski definition) is 4. The predicted octanol–water partition coefficient (Wildman–Crippen LogP) is 5.05. The Morgan fingerprint density at radius 3 is 2.56 bits per heavy atom. The maximum absolute atomic E-state index is 13.1. The van der Waals surface area contributed by atoms with Crippen molar-refractivity contribution in [3.05, 3.63) is 47.1 Å². The first-order valence-electron chi connectivity index (χ1n) is 10.7. The molecule has 2 N–H and O–H groups in total. The van der Waals surface area contributed by atoms with Gasteiger partial charge in [0.1, 0.15) is 0 Å². The molecule has 0 saturated heterocycles. The summed E-state index contributed by atoms with van der Waals surface area (Å²) in [5.74, 6) is 2.19. The quantitative estimate of drug-likeness (QED) is 0.203. The van der Waals surface area contributed by atoms with Crippen LogP contribution in [0, 0.1) is 0 Å². The second kappa shape index (κ2) is 11.3. The lowest BCUT2D eigenvalue weighted by Crippen LogP contribution is -2.49. The van der Waals surface area contributed by atoms with Crippen molar-refractivity contribution in [2.45, 2.75) is 63.5 Å². The molecule has 6 nitrogen and oxygen atoms in total. The summed E-state index contributed by atoms with van der Waals surface area (Å²) in [5.41, 5.74) is -0.162. The van der Waals surface area contributed by atoms with Crippen LogP contribution >= 0.6 is 24.0 Å². The molecule has 2 aromatic rings. The number of benzene rings is 1. The zero-order valence-corrected chi connectivity index (χ0v) is 21.0. The second-order valence-electron chi connectivity index (χ2n) is 8.37. The molecule has 1 aromatic carbocycles. The Morgan fingerprint density at radius 2 is 2.00 bits per heavy atom. The Labute approximate surface area is 203 Å². The lowest BCUT2D eigenvalue weighted by molar-refractivity contribution is -0.137. The molecule has 178 valence electrons. The van der Waals surface area contributed by atoms with Crippen LogP contribution in [0.5, 0.6) is 0 Å². The molecule has 32 heavy (non-hydrogen) atoms. The van der Waals surface area contributed by atoms with Gasteiger partial charge in [-0.1, -0.05) is 43.6 Å². The highest BCUT2D eigenvalue weighted by molar-refractivity contribution is 14.0. The van der Waals surface area contributed by atoms with E-state index < -0.39 is 11.7 Å². The zero-order valence-electron chi connectivity index (χ0n) is 18.6. The first-order chi connectivity index (χ1) is 14.7. The third kappa shape index (κ3) is 6.58. The molecule has 0 unspecified atom stereocenters. The Balaban J connectivity index is 0.00000363. The van der Waals surface area contributed by atoms with Gasteiger partial charge in [-0.2, -0.15) is 18.2 Å². The van der Waals surface area contributed by atoms with Crippen LogP contribution in [0.25, 0.3) is 0 Å². The molecule has 0 radical (unpaired) electrons. The van der Waals surface area contributed by atoms with Crippen LogP contribution in [0.2, 0.25) is 0 Å². The van der Waals surface area contributed by atoms with Crippen molar-refractivity contribution in [1.29, 1.82) is 0 Å². The highest BCUT2D eigenvalue weighted by Gasteiger charge is 2.40. The summed E-state index contributed by atoms with van der Waals surface area (Å²) < 4.78 is 44.6. The van der Waals surface area contributed by atoms with E-state index in [4.69, 9.17) is 4.52 Å². The van der Waals surface area contributed by atoms with Crippen molar-refractivity contribution < 1.29 is 17.7 Å². The number of aryl methyl sites for hydroxylation is 1. The Kier molecular flexibility index (Phi) is 9.35. The lowest BCUT2D eigenvalue weighted by atomic mass is 9.64. The summed E-state index contributed by atoms with van der Waals surface area (Å²) in [5, 5.41) is 10.5. The van der Waals surface area contributed by atoms with Crippen LogP contribution in [-0.4, -0.2) is 36.2 Å². The van der Waals surface area contributed by atoms with Crippen molar-refractivity contribution in [1.82, 2.24) is 20.8 Å². The molecule has 0 spiro atoms. The number of guanidine groups is 1. The topological polar surface area (TPSA) is 75.3 Å². The van der Waals surface area contributed by atoms with E-state index in [-0.39, 0.29) is 35.3 Å². The van der Waals surface area contributed by atoms with Crippen molar-refractivity contribution in [3.8, 4) is 0 Å². The summed E-state index contributed by atoms with van der Waals surface area (Å²) in [6.45, 7) is 5.23. The van der Waals surface area contributed by atoms with Gasteiger partial charge in [-0.25, -0.2) is 0 Å². The van der Waals surface area contributed by atoms with Crippen LogP contribution in [0.1, 0.15) is 68.3 Å². The van der Waals surface area contributed by atoms with Crippen LogP contribution < -0.4 is 10.6 Å². The Morgan fingerprint density at radius 1 is 1.25 bits per heavy atom. The molecule has 0 bridgehead atoms. The number of nitrogens with zero attached hydrogens (tertiary/aromatic N) is 3. The summed E-state index contributed by atoms with van der Waals surface area (Å²) in [4.78, 5) is 8.60. The molecular formula is C22H31F3IN5O. The molecular weight excluding hydrogens is 534 g/mol. The van der Waals surface area contributed by atoms with Crippen molar-refractivity contribution >= 4 is 29.9 Å². The molecule has 1 aliphatic rings. The van der Waals surface area contributed by atoms with Gasteiger partial charge in [0.25, 0.3) is 0 Å². The SMILES string of the molecule is CN=C(NCCCc1nc(C(C)C)no1)NCC1(c2cccc(C(F)(F)F)c2)CCC1.I. The lowest BCUT2D eigenvalue weighted by Gasteiger charge is -2.43. The highest BCUT2D eigenvalue weighted by atomic mass is 127. The van der Waals surface area contributed by atoms with Gasteiger partial charge in [0.05, 0.1) is 5.56 Å². The van der Waals surface area contributed by atoms with Gasteiger partial charge in [0.15, 0.2) is 11.8 Å². The minimum Gasteiger partial charge on any atom is -0.356 e. The van der Waals surface area contributed by atoms with Gasteiger partial charge in [-0.15, -0.1) is 24.0 Å². The Bertz CT molecular complexity index is 894. The number of alkyl halides is 3. The minimum absolute atomic E-state index is 0. The van der Waals surface area contributed by atoms with Crippen LogP contribution in [0.3, 0.4) is 0 Å². The summed E-state index contributed by atoms with van der Waals surface area (Å²) in [6.07, 6.45) is -0.162. The maximum atomic E-state index is 13.1. The summed E-state index contributed by atoms with van der Waals surface area (Å²) in [7, 11) is 1.68. The van der Waals surface area contributed by atoms with E-state index in [0.717, 1.165) is 37.3 Å². The monoisotopic (exact) mass is 565 g/mol.